The fraction of sp³-hybridized carbons (Fsp3) is 1.00. The van der Waals surface area contributed by atoms with E-state index in [9.17, 15) is 4.57 Å². The fourth-order valence-corrected chi connectivity index (χ4v) is 1.62. The number of hydrogen-bond donors (Lipinski definition) is 3. The molecule has 0 radical (unpaired) electrons. The summed E-state index contributed by atoms with van der Waals surface area (Å²) in [7, 11) is -3.48. The summed E-state index contributed by atoms with van der Waals surface area (Å²) in [6.45, 7) is 2.72. The minimum Gasteiger partial charge on any atom is -0.322 e. The van der Waals surface area contributed by atoms with Crippen LogP contribution in [0.15, 0.2) is 0 Å². The van der Waals surface area contributed by atoms with Gasteiger partial charge in [0.1, 0.15) is 0 Å². The molecule has 1 atom stereocenters. The Morgan fingerprint density at radius 1 is 1.23 bits per heavy atom. The van der Waals surface area contributed by atoms with Crippen molar-refractivity contribution < 1.29 is 9.46 Å². The van der Waals surface area contributed by atoms with E-state index in [-0.39, 0.29) is 0 Å². The van der Waals surface area contributed by atoms with Crippen molar-refractivity contribution in [1.82, 2.24) is 5.09 Å². The Kier molecular flexibility index (Phi) is 7.57. The topological polar surface area (TPSA) is 75.3 Å². The maximum absolute atomic E-state index is 10.6. The standard InChI is InChI=1S/C8H21N2O2P/c1-2-3-4-5-6-7-8-10-13(9,11)12/h2-8H2,1H3,(H4,9,10,11,12). The first kappa shape index (κ1) is 13.1. The lowest BCUT2D eigenvalue weighted by Crippen LogP contribution is -2.16. The average molecular weight is 208 g/mol. The molecule has 0 bridgehead atoms. The van der Waals surface area contributed by atoms with Crippen molar-refractivity contribution >= 4 is 7.67 Å². The van der Waals surface area contributed by atoms with Crippen molar-refractivity contribution in [3.8, 4) is 0 Å². The van der Waals surface area contributed by atoms with Crippen LogP contribution in [-0.2, 0) is 4.57 Å². The summed E-state index contributed by atoms with van der Waals surface area (Å²) < 4.78 is 10.6. The third-order valence-corrected chi connectivity index (χ3v) is 2.55. The zero-order valence-corrected chi connectivity index (χ0v) is 9.22. The molecule has 0 saturated carbocycles. The molecule has 5 heteroatoms. The third-order valence-electron chi connectivity index (χ3n) is 1.87. The Morgan fingerprint density at radius 2 is 1.77 bits per heavy atom. The van der Waals surface area contributed by atoms with Crippen molar-refractivity contribution in [3.63, 3.8) is 0 Å². The molecule has 0 aliphatic rings. The molecule has 0 aromatic rings. The van der Waals surface area contributed by atoms with Gasteiger partial charge in [-0.3, -0.25) is 4.57 Å². The van der Waals surface area contributed by atoms with Crippen LogP contribution in [0.4, 0.5) is 0 Å². The van der Waals surface area contributed by atoms with Gasteiger partial charge in [-0.15, -0.1) is 0 Å². The maximum Gasteiger partial charge on any atom is 0.335 e. The van der Waals surface area contributed by atoms with Crippen LogP contribution in [0.2, 0.25) is 0 Å². The highest BCUT2D eigenvalue weighted by Gasteiger charge is 2.06. The molecule has 0 rings (SSSR count). The lowest BCUT2D eigenvalue weighted by molar-refractivity contribution is 0.461. The smallest absolute Gasteiger partial charge is 0.322 e. The zero-order chi connectivity index (χ0) is 10.2. The fourth-order valence-electron chi connectivity index (χ4n) is 1.14. The molecule has 4 N–H and O–H groups in total. The minimum atomic E-state index is -3.48. The predicted molar refractivity (Wildman–Crippen MR) is 55.4 cm³/mol. The second-order valence-corrected chi connectivity index (χ2v) is 4.86. The highest BCUT2D eigenvalue weighted by atomic mass is 31.2. The molecule has 0 spiro atoms. The molecule has 13 heavy (non-hydrogen) atoms. The molecule has 0 fully saturated rings. The maximum atomic E-state index is 10.6. The second-order valence-electron chi connectivity index (χ2n) is 3.30. The quantitative estimate of drug-likeness (QED) is 0.421. The Morgan fingerprint density at radius 3 is 2.31 bits per heavy atom. The number of hydrogen-bond acceptors (Lipinski definition) is 1. The van der Waals surface area contributed by atoms with Gasteiger partial charge in [0.2, 0.25) is 0 Å². The number of rotatable bonds is 8. The van der Waals surface area contributed by atoms with Crippen LogP contribution in [0, 0.1) is 0 Å². The molecule has 0 aliphatic heterocycles. The molecule has 0 amide bonds. The number of nitrogens with one attached hydrogen (secondary N) is 1. The van der Waals surface area contributed by atoms with Gasteiger partial charge in [-0.05, 0) is 6.42 Å². The van der Waals surface area contributed by atoms with Gasteiger partial charge in [0, 0.05) is 6.54 Å². The van der Waals surface area contributed by atoms with Crippen molar-refractivity contribution in [2.24, 2.45) is 5.50 Å². The van der Waals surface area contributed by atoms with Crippen LogP contribution in [0.25, 0.3) is 0 Å². The molecule has 80 valence electrons. The highest BCUT2D eigenvalue weighted by Crippen LogP contribution is 2.22. The van der Waals surface area contributed by atoms with Gasteiger partial charge in [0.15, 0.2) is 0 Å². The van der Waals surface area contributed by atoms with E-state index in [0.717, 1.165) is 12.8 Å². The molecule has 0 aromatic heterocycles. The van der Waals surface area contributed by atoms with E-state index in [4.69, 9.17) is 10.4 Å². The molecule has 0 aromatic carbocycles. The SMILES string of the molecule is CCCCCCCCNP(N)(=O)O. The van der Waals surface area contributed by atoms with Crippen LogP contribution in [0.5, 0.6) is 0 Å². The summed E-state index contributed by atoms with van der Waals surface area (Å²) in [5.74, 6) is 0. The van der Waals surface area contributed by atoms with E-state index in [1.807, 2.05) is 0 Å². The van der Waals surface area contributed by atoms with Crippen LogP contribution >= 0.6 is 7.67 Å². The monoisotopic (exact) mass is 208 g/mol. The Hall–Kier alpha value is 0.110. The first-order chi connectivity index (χ1) is 6.06. The summed E-state index contributed by atoms with van der Waals surface area (Å²) in [6.07, 6.45) is 7.01. The average Bonchev–Trinajstić information content (AvgIpc) is 2.01. The van der Waals surface area contributed by atoms with Gasteiger partial charge in [-0.25, -0.2) is 10.6 Å². The number of unbranched alkanes of at least 4 members (excludes halogenated alkanes) is 5. The van der Waals surface area contributed by atoms with Gasteiger partial charge in [0.05, 0.1) is 0 Å². The second kappa shape index (κ2) is 7.51. The van der Waals surface area contributed by atoms with Gasteiger partial charge in [0.25, 0.3) is 0 Å². The Balaban J connectivity index is 3.04. The van der Waals surface area contributed by atoms with Gasteiger partial charge >= 0.3 is 7.67 Å². The summed E-state index contributed by atoms with van der Waals surface area (Å²) >= 11 is 0. The normalized spacial score (nSPS) is 15.6. The van der Waals surface area contributed by atoms with E-state index in [0.29, 0.717) is 6.54 Å². The van der Waals surface area contributed by atoms with E-state index in [1.54, 1.807) is 0 Å². The van der Waals surface area contributed by atoms with Crippen LogP contribution < -0.4 is 10.6 Å². The summed E-state index contributed by atoms with van der Waals surface area (Å²) in [6, 6.07) is 0. The Bertz CT molecular complexity index is 158. The van der Waals surface area contributed by atoms with E-state index in [2.05, 4.69) is 12.0 Å². The molecule has 0 saturated heterocycles. The van der Waals surface area contributed by atoms with Crippen LogP contribution in [0.1, 0.15) is 45.4 Å². The third kappa shape index (κ3) is 12.1. The first-order valence-corrected chi connectivity index (χ1v) is 6.65. The van der Waals surface area contributed by atoms with E-state index >= 15 is 0 Å². The molecule has 0 aliphatic carbocycles. The van der Waals surface area contributed by atoms with Gasteiger partial charge < -0.3 is 4.89 Å². The predicted octanol–water partition coefficient (Wildman–Crippen LogP) is 2.00. The summed E-state index contributed by atoms with van der Waals surface area (Å²) in [4.78, 5) is 8.68. The van der Waals surface area contributed by atoms with Crippen molar-refractivity contribution in [2.45, 2.75) is 45.4 Å². The summed E-state index contributed by atoms with van der Waals surface area (Å²) in [5.41, 5.74) is 4.90. The van der Waals surface area contributed by atoms with Crippen LogP contribution in [0.3, 0.4) is 0 Å². The molecule has 4 nitrogen and oxygen atoms in total. The lowest BCUT2D eigenvalue weighted by Gasteiger charge is -2.06. The zero-order valence-electron chi connectivity index (χ0n) is 8.33. The first-order valence-electron chi connectivity index (χ1n) is 4.93. The van der Waals surface area contributed by atoms with Crippen molar-refractivity contribution in [1.29, 1.82) is 0 Å². The Labute approximate surface area is 80.5 Å². The van der Waals surface area contributed by atoms with Gasteiger partial charge in [-0.2, -0.15) is 0 Å². The minimum absolute atomic E-state index is 0.538. The molecule has 0 heterocycles. The van der Waals surface area contributed by atoms with Gasteiger partial charge in [-0.1, -0.05) is 39.0 Å². The van der Waals surface area contributed by atoms with Crippen molar-refractivity contribution in [3.05, 3.63) is 0 Å². The molecular weight excluding hydrogens is 187 g/mol. The molecular formula is C8H21N2O2P. The number of nitrogens with two attached hydrogens (primary N) is 1. The summed E-state index contributed by atoms with van der Waals surface area (Å²) in [5, 5.41) is 2.40. The largest absolute Gasteiger partial charge is 0.335 e. The van der Waals surface area contributed by atoms with Crippen LogP contribution in [-0.4, -0.2) is 11.4 Å². The highest BCUT2D eigenvalue weighted by molar-refractivity contribution is 7.53. The van der Waals surface area contributed by atoms with Crippen molar-refractivity contribution in [2.75, 3.05) is 6.54 Å². The molecule has 1 unspecified atom stereocenters. The van der Waals surface area contributed by atoms with E-state index < -0.39 is 7.67 Å². The lowest BCUT2D eigenvalue weighted by atomic mass is 10.1. The van der Waals surface area contributed by atoms with E-state index in [1.165, 1.54) is 25.7 Å².